The minimum absolute atomic E-state index is 0. The normalized spacial score (nSPS) is 11.0. The first-order chi connectivity index (χ1) is 11.3. The molecule has 0 radical (unpaired) electrons. The van der Waals surface area contributed by atoms with Gasteiger partial charge < -0.3 is 4.57 Å². The maximum atomic E-state index is 5.98. The molecule has 0 aliphatic carbocycles. The van der Waals surface area contributed by atoms with Crippen molar-refractivity contribution in [3.8, 4) is 22.6 Å². The van der Waals surface area contributed by atoms with Crippen molar-refractivity contribution in [2.24, 2.45) is 7.05 Å². The fourth-order valence-electron chi connectivity index (χ4n) is 2.95. The third-order valence-corrected chi connectivity index (χ3v) is 4.10. The molecule has 4 aromatic rings. The molecular weight excluding hydrogens is 308 g/mol. The van der Waals surface area contributed by atoms with Gasteiger partial charge in [0.05, 0.1) is 11.3 Å². The molecule has 2 heterocycles. The molecule has 0 aliphatic heterocycles. The molecule has 4 nitrogen and oxygen atoms in total. The van der Waals surface area contributed by atoms with Crippen molar-refractivity contribution >= 4 is 22.5 Å². The molecule has 0 unspecified atom stereocenters. The molecule has 0 N–H and O–H groups in total. The summed E-state index contributed by atoms with van der Waals surface area (Å²) in [5.41, 5.74) is 4.27. The second-order valence-corrected chi connectivity index (χ2v) is 5.58. The third-order valence-electron chi connectivity index (χ3n) is 3.92. The Kier molecular flexibility index (Phi) is 3.32. The van der Waals surface area contributed by atoms with E-state index in [1.165, 1.54) is 6.33 Å². The van der Waals surface area contributed by atoms with Gasteiger partial charge in [-0.15, -0.1) is 0 Å². The van der Waals surface area contributed by atoms with Crippen LogP contribution in [-0.2, 0) is 7.05 Å². The summed E-state index contributed by atoms with van der Waals surface area (Å²) in [7, 11) is 2.05. The average molecular weight is 327 g/mol. The number of benzene rings is 2. The van der Waals surface area contributed by atoms with Gasteiger partial charge in [-0.1, -0.05) is 48.5 Å². The molecule has 2 aromatic carbocycles. The zero-order valence-corrected chi connectivity index (χ0v) is 13.2. The summed E-state index contributed by atoms with van der Waals surface area (Å²) in [6.45, 7) is 0. The Morgan fingerprint density at radius 1 is 0.957 bits per heavy atom. The van der Waals surface area contributed by atoms with Gasteiger partial charge in [0.2, 0.25) is 5.28 Å². The summed E-state index contributed by atoms with van der Waals surface area (Å²) >= 11 is 5.98. The predicted molar refractivity (Wildman–Crippen MR) is 98.5 cm³/mol. The number of hydrogen-bond donors (Lipinski definition) is 0. The van der Waals surface area contributed by atoms with Crippen LogP contribution in [0, 0.1) is 0 Å². The highest BCUT2D eigenvalue weighted by atomic mass is 35.5. The molecule has 4 rings (SSSR count). The molecular formula is C18H19ClN4. The smallest absolute Gasteiger partial charge is 0.225 e. The summed E-state index contributed by atoms with van der Waals surface area (Å²) in [6, 6.07) is 18.4. The average Bonchev–Trinajstić information content (AvgIpc) is 2.89. The van der Waals surface area contributed by atoms with E-state index in [-0.39, 0.29) is 9.56 Å². The van der Waals surface area contributed by atoms with Crippen molar-refractivity contribution in [1.29, 1.82) is 0 Å². The van der Waals surface area contributed by atoms with Crippen molar-refractivity contribution in [2.45, 2.75) is 0 Å². The Balaban J connectivity index is 0.00000113. The van der Waals surface area contributed by atoms with E-state index in [2.05, 4.69) is 50.8 Å². The van der Waals surface area contributed by atoms with Crippen LogP contribution in [0.2, 0.25) is 5.28 Å². The summed E-state index contributed by atoms with van der Waals surface area (Å²) in [4.78, 5) is 12.6. The highest BCUT2D eigenvalue weighted by molar-refractivity contribution is 6.28. The molecule has 0 fully saturated rings. The van der Waals surface area contributed by atoms with Gasteiger partial charge in [-0.3, -0.25) is 0 Å². The van der Waals surface area contributed by atoms with Crippen molar-refractivity contribution in [2.75, 3.05) is 0 Å². The zero-order chi connectivity index (χ0) is 15.8. The van der Waals surface area contributed by atoms with Crippen LogP contribution in [0.15, 0.2) is 60.9 Å². The highest BCUT2D eigenvalue weighted by Gasteiger charge is 2.20. The minimum atomic E-state index is 0. The van der Waals surface area contributed by atoms with Gasteiger partial charge in [0, 0.05) is 22.2 Å². The number of rotatable bonds is 2. The van der Waals surface area contributed by atoms with Crippen molar-refractivity contribution in [3.05, 3.63) is 66.2 Å². The fourth-order valence-corrected chi connectivity index (χ4v) is 3.07. The molecule has 0 saturated heterocycles. The van der Waals surface area contributed by atoms with E-state index in [9.17, 15) is 0 Å². The summed E-state index contributed by atoms with van der Waals surface area (Å²) < 4.78 is 2.16. The molecule has 5 heteroatoms. The SMILES string of the molecule is Cn1c(-c2ccccc2)c(-c2ncnc(Cl)n2)c2ccccc21.[HH].[HH].[HH]. The number of hydrogen-bond acceptors (Lipinski definition) is 3. The number of nitrogens with zero attached hydrogens (tertiary/aromatic N) is 4. The number of para-hydroxylation sites is 1. The Labute approximate surface area is 142 Å². The summed E-state index contributed by atoms with van der Waals surface area (Å²) in [6.07, 6.45) is 1.45. The number of halogens is 1. The van der Waals surface area contributed by atoms with Crippen LogP contribution in [0.3, 0.4) is 0 Å². The van der Waals surface area contributed by atoms with Crippen LogP contribution in [-0.4, -0.2) is 19.5 Å². The van der Waals surface area contributed by atoms with Gasteiger partial charge in [-0.05, 0) is 23.2 Å². The lowest BCUT2D eigenvalue weighted by atomic mass is 10.0. The van der Waals surface area contributed by atoms with Crippen LogP contribution < -0.4 is 0 Å². The Morgan fingerprint density at radius 2 is 1.70 bits per heavy atom. The lowest BCUT2D eigenvalue weighted by Gasteiger charge is -2.07. The number of aromatic nitrogens is 4. The largest absolute Gasteiger partial charge is 0.343 e. The predicted octanol–water partition coefficient (Wildman–Crippen LogP) is 5.09. The first kappa shape index (κ1) is 13.9. The van der Waals surface area contributed by atoms with Crippen LogP contribution in [0.1, 0.15) is 4.28 Å². The molecule has 0 saturated carbocycles. The topological polar surface area (TPSA) is 43.6 Å². The van der Waals surface area contributed by atoms with Crippen LogP contribution >= 0.6 is 11.6 Å². The van der Waals surface area contributed by atoms with E-state index in [1.807, 2.05) is 30.3 Å². The van der Waals surface area contributed by atoms with Gasteiger partial charge in [-0.2, -0.15) is 4.98 Å². The maximum Gasteiger partial charge on any atom is 0.225 e. The first-order valence-electron chi connectivity index (χ1n) is 7.23. The molecule has 118 valence electrons. The van der Waals surface area contributed by atoms with E-state index in [4.69, 9.17) is 11.6 Å². The van der Waals surface area contributed by atoms with Crippen molar-refractivity contribution in [3.63, 3.8) is 0 Å². The van der Waals surface area contributed by atoms with E-state index >= 15 is 0 Å². The Bertz CT molecular complexity index is 1010. The van der Waals surface area contributed by atoms with Gasteiger partial charge in [-0.25, -0.2) is 9.97 Å². The van der Waals surface area contributed by atoms with E-state index in [1.54, 1.807) is 0 Å². The van der Waals surface area contributed by atoms with E-state index in [0.29, 0.717) is 5.82 Å². The second kappa shape index (κ2) is 5.48. The quantitative estimate of drug-likeness (QED) is 0.515. The van der Waals surface area contributed by atoms with Gasteiger partial charge >= 0.3 is 0 Å². The van der Waals surface area contributed by atoms with E-state index < -0.39 is 0 Å². The first-order valence-corrected chi connectivity index (χ1v) is 7.61. The molecule has 2 aromatic heterocycles. The summed E-state index contributed by atoms with van der Waals surface area (Å²) in [5.74, 6) is 0.584. The van der Waals surface area contributed by atoms with Crippen LogP contribution in [0.5, 0.6) is 0 Å². The molecule has 0 aliphatic rings. The molecule has 0 spiro atoms. The van der Waals surface area contributed by atoms with Gasteiger partial charge in [0.25, 0.3) is 0 Å². The standard InChI is InChI=1S/C18H13ClN4.3H2/c1-23-14-10-6-5-9-13(14)15(17-20-11-21-18(19)22-17)16(23)12-7-3-2-4-8-12;;;/h2-11H,1H3;3*1H. The fraction of sp³-hybridized carbons (Fsp3) is 0.0556. The molecule has 0 bridgehead atoms. The lowest BCUT2D eigenvalue weighted by molar-refractivity contribution is 0.975. The lowest BCUT2D eigenvalue weighted by Crippen LogP contribution is -1.95. The number of fused-ring (bicyclic) bond motifs is 1. The van der Waals surface area contributed by atoms with Crippen LogP contribution in [0.4, 0.5) is 0 Å². The third kappa shape index (κ3) is 2.28. The minimum Gasteiger partial charge on any atom is -0.343 e. The van der Waals surface area contributed by atoms with Crippen molar-refractivity contribution in [1.82, 2.24) is 19.5 Å². The second-order valence-electron chi connectivity index (χ2n) is 5.24. The Morgan fingerprint density at radius 3 is 2.48 bits per heavy atom. The van der Waals surface area contributed by atoms with Crippen molar-refractivity contribution < 1.29 is 4.28 Å². The summed E-state index contributed by atoms with van der Waals surface area (Å²) in [5, 5.41) is 1.29. The Hall–Kier alpha value is -2.72. The monoisotopic (exact) mass is 326 g/mol. The number of aryl methyl sites for hydroxylation is 1. The molecule has 0 amide bonds. The molecule has 23 heavy (non-hydrogen) atoms. The van der Waals surface area contributed by atoms with Crippen LogP contribution in [0.25, 0.3) is 33.5 Å². The van der Waals surface area contributed by atoms with Gasteiger partial charge in [0.1, 0.15) is 6.33 Å². The zero-order valence-electron chi connectivity index (χ0n) is 12.4. The van der Waals surface area contributed by atoms with E-state index in [0.717, 1.165) is 27.7 Å². The highest BCUT2D eigenvalue weighted by Crippen LogP contribution is 2.38. The molecule has 0 atom stereocenters. The maximum absolute atomic E-state index is 5.98. The van der Waals surface area contributed by atoms with Gasteiger partial charge in [0.15, 0.2) is 5.82 Å².